The van der Waals surface area contributed by atoms with Crippen LogP contribution in [0.2, 0.25) is 0 Å². The lowest BCUT2D eigenvalue weighted by Crippen LogP contribution is -2.41. The standard InChI is InChI=1S/C18H27N3O5.HI/c1-22-15-4-3-13(9-16(15)23-2)10-20-17(19)21-11-14-12-25-18(26-14)5-7-24-8-6-18;/h3-4,9,14H,5-8,10-12H2,1-2H3,(H3,19,20,21);1H. The smallest absolute Gasteiger partial charge is 0.189 e. The molecule has 2 aliphatic rings. The average molecular weight is 493 g/mol. The Morgan fingerprint density at radius 2 is 2.00 bits per heavy atom. The Morgan fingerprint density at radius 3 is 2.70 bits per heavy atom. The van der Waals surface area contributed by atoms with Crippen molar-refractivity contribution >= 4 is 29.9 Å². The van der Waals surface area contributed by atoms with Crippen molar-refractivity contribution in [3.63, 3.8) is 0 Å². The molecule has 2 heterocycles. The number of nitrogens with one attached hydrogen (secondary N) is 1. The molecule has 152 valence electrons. The Balaban J connectivity index is 0.00000261. The number of benzene rings is 1. The molecule has 3 N–H and O–H groups in total. The number of ether oxygens (including phenoxy) is 5. The molecule has 1 unspecified atom stereocenters. The molecule has 1 aromatic rings. The molecule has 8 nitrogen and oxygen atoms in total. The lowest BCUT2D eigenvalue weighted by molar-refractivity contribution is -0.210. The van der Waals surface area contributed by atoms with Crippen molar-refractivity contribution in [2.75, 3.05) is 40.6 Å². The SMILES string of the molecule is COc1ccc(CN=C(N)NCC2COC3(CCOCC3)O2)cc1OC.I. The van der Waals surface area contributed by atoms with Crippen molar-refractivity contribution in [2.24, 2.45) is 10.7 Å². The molecule has 27 heavy (non-hydrogen) atoms. The highest BCUT2D eigenvalue weighted by atomic mass is 127. The third-order valence-electron chi connectivity index (χ3n) is 4.56. The lowest BCUT2D eigenvalue weighted by Gasteiger charge is -2.31. The maximum absolute atomic E-state index is 6.05. The van der Waals surface area contributed by atoms with Gasteiger partial charge in [-0.2, -0.15) is 0 Å². The van der Waals surface area contributed by atoms with Gasteiger partial charge in [-0.3, -0.25) is 0 Å². The summed E-state index contributed by atoms with van der Waals surface area (Å²) in [6.07, 6.45) is 1.50. The summed E-state index contributed by atoms with van der Waals surface area (Å²) in [6, 6.07) is 5.67. The summed E-state index contributed by atoms with van der Waals surface area (Å²) in [6.45, 7) is 2.91. The number of guanidine groups is 1. The van der Waals surface area contributed by atoms with E-state index in [0.29, 0.717) is 50.4 Å². The van der Waals surface area contributed by atoms with Crippen molar-refractivity contribution in [3.8, 4) is 11.5 Å². The minimum Gasteiger partial charge on any atom is -0.493 e. The van der Waals surface area contributed by atoms with Gasteiger partial charge in [0.2, 0.25) is 0 Å². The van der Waals surface area contributed by atoms with Crippen LogP contribution in [0.1, 0.15) is 18.4 Å². The molecule has 3 rings (SSSR count). The van der Waals surface area contributed by atoms with Gasteiger partial charge in [0.1, 0.15) is 6.10 Å². The molecule has 0 saturated carbocycles. The summed E-state index contributed by atoms with van der Waals surface area (Å²) in [5.74, 6) is 1.25. The summed E-state index contributed by atoms with van der Waals surface area (Å²) in [5, 5.41) is 3.10. The van der Waals surface area contributed by atoms with Crippen molar-refractivity contribution in [1.82, 2.24) is 5.32 Å². The van der Waals surface area contributed by atoms with Crippen LogP contribution in [0.4, 0.5) is 0 Å². The van der Waals surface area contributed by atoms with Crippen LogP contribution in [-0.4, -0.2) is 58.4 Å². The van der Waals surface area contributed by atoms with Gasteiger partial charge in [-0.05, 0) is 17.7 Å². The summed E-state index contributed by atoms with van der Waals surface area (Å²) in [7, 11) is 3.21. The molecule has 2 fully saturated rings. The van der Waals surface area contributed by atoms with Gasteiger partial charge >= 0.3 is 0 Å². The lowest BCUT2D eigenvalue weighted by atomic mass is 10.1. The van der Waals surface area contributed by atoms with E-state index < -0.39 is 5.79 Å². The molecule has 0 radical (unpaired) electrons. The first-order chi connectivity index (χ1) is 12.6. The fraction of sp³-hybridized carbons (Fsp3) is 0.611. The molecule has 2 aliphatic heterocycles. The van der Waals surface area contributed by atoms with Gasteiger partial charge in [0.25, 0.3) is 0 Å². The van der Waals surface area contributed by atoms with E-state index in [1.165, 1.54) is 0 Å². The van der Waals surface area contributed by atoms with Crippen LogP contribution in [0, 0.1) is 0 Å². The monoisotopic (exact) mass is 493 g/mol. The number of aliphatic imine (C=N–C) groups is 1. The first-order valence-electron chi connectivity index (χ1n) is 8.78. The van der Waals surface area contributed by atoms with Crippen LogP contribution < -0.4 is 20.5 Å². The van der Waals surface area contributed by atoms with Gasteiger partial charge in [0.15, 0.2) is 23.2 Å². The van der Waals surface area contributed by atoms with E-state index >= 15 is 0 Å². The number of halogens is 1. The number of nitrogens with zero attached hydrogens (tertiary/aromatic N) is 1. The first kappa shape index (κ1) is 22.0. The van der Waals surface area contributed by atoms with Gasteiger partial charge < -0.3 is 34.7 Å². The van der Waals surface area contributed by atoms with E-state index in [0.717, 1.165) is 18.4 Å². The predicted octanol–water partition coefficient (Wildman–Crippen LogP) is 1.65. The third-order valence-corrected chi connectivity index (χ3v) is 4.56. The number of rotatable bonds is 6. The minimum atomic E-state index is -0.476. The fourth-order valence-electron chi connectivity index (χ4n) is 3.09. The molecule has 0 bridgehead atoms. The molecular weight excluding hydrogens is 465 g/mol. The second-order valence-electron chi connectivity index (χ2n) is 6.35. The summed E-state index contributed by atoms with van der Waals surface area (Å²) < 4.78 is 27.8. The van der Waals surface area contributed by atoms with Crippen molar-refractivity contribution in [2.45, 2.75) is 31.3 Å². The third kappa shape index (κ3) is 5.84. The van der Waals surface area contributed by atoms with Crippen LogP contribution >= 0.6 is 24.0 Å². The first-order valence-corrected chi connectivity index (χ1v) is 8.78. The summed E-state index contributed by atoms with van der Waals surface area (Å²) >= 11 is 0. The summed E-state index contributed by atoms with van der Waals surface area (Å²) in [5.41, 5.74) is 6.94. The van der Waals surface area contributed by atoms with E-state index in [-0.39, 0.29) is 30.1 Å². The van der Waals surface area contributed by atoms with Crippen LogP contribution in [0.25, 0.3) is 0 Å². The predicted molar refractivity (Wildman–Crippen MR) is 112 cm³/mol. The van der Waals surface area contributed by atoms with Crippen LogP contribution in [-0.2, 0) is 20.8 Å². The van der Waals surface area contributed by atoms with Gasteiger partial charge in [-0.25, -0.2) is 4.99 Å². The Labute approximate surface area is 176 Å². The molecular formula is C18H28IN3O5. The zero-order chi connectivity index (χ0) is 18.4. The number of methoxy groups -OCH3 is 2. The van der Waals surface area contributed by atoms with Gasteiger partial charge in [-0.1, -0.05) is 6.07 Å². The molecule has 1 spiro atoms. The van der Waals surface area contributed by atoms with E-state index in [1.807, 2.05) is 18.2 Å². The highest BCUT2D eigenvalue weighted by Gasteiger charge is 2.42. The van der Waals surface area contributed by atoms with Crippen molar-refractivity contribution in [3.05, 3.63) is 23.8 Å². The molecule has 0 aliphatic carbocycles. The Kier molecular flexibility index (Phi) is 8.39. The van der Waals surface area contributed by atoms with E-state index in [1.54, 1.807) is 14.2 Å². The highest BCUT2D eigenvalue weighted by Crippen LogP contribution is 2.33. The van der Waals surface area contributed by atoms with Gasteiger partial charge in [0, 0.05) is 19.4 Å². The summed E-state index contributed by atoms with van der Waals surface area (Å²) in [4.78, 5) is 4.36. The normalized spacial score (nSPS) is 21.6. The molecule has 2 saturated heterocycles. The van der Waals surface area contributed by atoms with E-state index in [4.69, 9.17) is 29.4 Å². The quantitative estimate of drug-likeness (QED) is 0.354. The zero-order valence-corrected chi connectivity index (χ0v) is 18.1. The Hall–Kier alpha value is -1.30. The number of nitrogens with two attached hydrogens (primary N) is 1. The molecule has 0 aromatic heterocycles. The average Bonchev–Trinajstić information content (AvgIpc) is 3.07. The second-order valence-corrected chi connectivity index (χ2v) is 6.35. The van der Waals surface area contributed by atoms with Gasteiger partial charge in [0.05, 0.1) is 40.6 Å². The molecule has 1 atom stereocenters. The largest absolute Gasteiger partial charge is 0.493 e. The maximum Gasteiger partial charge on any atom is 0.189 e. The van der Waals surface area contributed by atoms with Crippen molar-refractivity contribution in [1.29, 1.82) is 0 Å². The van der Waals surface area contributed by atoms with Crippen LogP contribution in [0.3, 0.4) is 0 Å². The minimum absolute atomic E-state index is 0. The Morgan fingerprint density at radius 1 is 1.26 bits per heavy atom. The number of hydrogen-bond acceptors (Lipinski definition) is 6. The second kappa shape index (κ2) is 10.3. The molecule has 9 heteroatoms. The fourth-order valence-corrected chi connectivity index (χ4v) is 3.09. The van der Waals surface area contributed by atoms with Crippen molar-refractivity contribution < 1.29 is 23.7 Å². The van der Waals surface area contributed by atoms with E-state index in [2.05, 4.69) is 10.3 Å². The molecule has 0 amide bonds. The number of hydrogen-bond donors (Lipinski definition) is 2. The van der Waals surface area contributed by atoms with Gasteiger partial charge in [-0.15, -0.1) is 24.0 Å². The topological polar surface area (TPSA) is 96.6 Å². The Bertz CT molecular complexity index is 637. The zero-order valence-electron chi connectivity index (χ0n) is 15.7. The van der Waals surface area contributed by atoms with Crippen LogP contribution in [0.5, 0.6) is 11.5 Å². The van der Waals surface area contributed by atoms with Crippen LogP contribution in [0.15, 0.2) is 23.2 Å². The molecule has 1 aromatic carbocycles. The maximum atomic E-state index is 6.05. The van der Waals surface area contributed by atoms with E-state index in [9.17, 15) is 0 Å². The highest BCUT2D eigenvalue weighted by molar-refractivity contribution is 14.0.